The minimum atomic E-state index is 0.702. The fourth-order valence-electron chi connectivity index (χ4n) is 3.61. The van der Waals surface area contributed by atoms with Gasteiger partial charge in [-0.2, -0.15) is 0 Å². The summed E-state index contributed by atoms with van der Waals surface area (Å²) >= 11 is 3.28. The smallest absolute Gasteiger partial charge is 0.205 e. The van der Waals surface area contributed by atoms with E-state index in [1.54, 1.807) is 30.1 Å². The lowest BCUT2D eigenvalue weighted by Gasteiger charge is -2.35. The van der Waals surface area contributed by atoms with Crippen molar-refractivity contribution in [1.29, 1.82) is 0 Å². The minimum absolute atomic E-state index is 0.702. The molecule has 0 saturated heterocycles. The van der Waals surface area contributed by atoms with E-state index >= 15 is 0 Å². The zero-order valence-corrected chi connectivity index (χ0v) is 19.5. The Morgan fingerprint density at radius 1 is 1.17 bits per heavy atom. The molecule has 160 valence electrons. The third kappa shape index (κ3) is 6.67. The maximum atomic E-state index is 4.40. The van der Waals surface area contributed by atoms with Gasteiger partial charge >= 0.3 is 0 Å². The van der Waals surface area contributed by atoms with Crippen LogP contribution in [-0.4, -0.2) is 42.3 Å². The van der Waals surface area contributed by atoms with E-state index in [1.807, 2.05) is 32.3 Å². The minimum Gasteiger partial charge on any atom is -0.363 e. The lowest BCUT2D eigenvalue weighted by Crippen LogP contribution is -2.30. The van der Waals surface area contributed by atoms with Gasteiger partial charge in [0.15, 0.2) is 5.17 Å². The van der Waals surface area contributed by atoms with E-state index in [0.29, 0.717) is 11.8 Å². The SMILES string of the molecule is C=C(CC1CC(Cc2nnc(NC)s2)C1)SC(=NC)NC(Cc1ccccc1)=NC. The number of nitrogens with one attached hydrogen (secondary N) is 2. The number of hydrogen-bond donors (Lipinski definition) is 2. The standard InChI is InChI=1S/C22H30N6S2/c1-15(10-17-11-18(12-17)14-20-27-28-22(25-4)30-20)29-21(24-3)26-19(23-2)13-16-8-6-5-7-9-16/h5-9,17-18H,1,10-14H2,2-4H3,(H,25,28)(H,23,24,26). The van der Waals surface area contributed by atoms with Crippen molar-refractivity contribution in [3.8, 4) is 0 Å². The van der Waals surface area contributed by atoms with Crippen LogP contribution in [-0.2, 0) is 12.8 Å². The van der Waals surface area contributed by atoms with Crippen molar-refractivity contribution >= 4 is 39.2 Å². The van der Waals surface area contributed by atoms with Gasteiger partial charge in [-0.15, -0.1) is 10.2 Å². The summed E-state index contributed by atoms with van der Waals surface area (Å²) < 4.78 is 0. The Morgan fingerprint density at radius 3 is 2.57 bits per heavy atom. The molecule has 3 rings (SSSR count). The van der Waals surface area contributed by atoms with Crippen LogP contribution in [0.1, 0.15) is 29.8 Å². The first-order chi connectivity index (χ1) is 14.6. The Bertz CT molecular complexity index is 884. The highest BCUT2D eigenvalue weighted by Crippen LogP contribution is 2.41. The van der Waals surface area contributed by atoms with Crippen LogP contribution < -0.4 is 10.6 Å². The second kappa shape index (κ2) is 11.3. The molecular weight excluding hydrogens is 412 g/mol. The van der Waals surface area contributed by atoms with Crippen molar-refractivity contribution in [3.63, 3.8) is 0 Å². The van der Waals surface area contributed by atoms with Crippen LogP contribution in [0.15, 0.2) is 51.8 Å². The Morgan fingerprint density at radius 2 is 1.93 bits per heavy atom. The van der Waals surface area contributed by atoms with Crippen molar-refractivity contribution in [2.45, 2.75) is 32.1 Å². The number of allylic oxidation sites excluding steroid dienone is 1. The number of benzene rings is 1. The number of rotatable bonds is 8. The summed E-state index contributed by atoms with van der Waals surface area (Å²) in [6.07, 6.45) is 5.28. The molecule has 1 aliphatic rings. The average Bonchev–Trinajstić information content (AvgIpc) is 3.19. The molecule has 0 radical (unpaired) electrons. The molecule has 1 heterocycles. The maximum Gasteiger partial charge on any atom is 0.205 e. The molecular formula is C22H30N6S2. The van der Waals surface area contributed by atoms with Crippen LogP contribution in [0.3, 0.4) is 0 Å². The molecule has 1 saturated carbocycles. The summed E-state index contributed by atoms with van der Waals surface area (Å²) in [5.74, 6) is 2.32. The first-order valence-electron chi connectivity index (χ1n) is 10.2. The second-order valence-electron chi connectivity index (χ2n) is 7.49. The van der Waals surface area contributed by atoms with Gasteiger partial charge in [0.25, 0.3) is 0 Å². The lowest BCUT2D eigenvalue weighted by atomic mass is 9.72. The van der Waals surface area contributed by atoms with Gasteiger partial charge < -0.3 is 10.6 Å². The van der Waals surface area contributed by atoms with Crippen LogP contribution in [0.4, 0.5) is 5.13 Å². The molecule has 1 fully saturated rings. The molecule has 30 heavy (non-hydrogen) atoms. The third-order valence-corrected chi connectivity index (χ3v) is 7.07. The number of nitrogens with zero attached hydrogens (tertiary/aromatic N) is 4. The molecule has 0 amide bonds. The number of anilines is 1. The Balaban J connectivity index is 1.40. The number of thioether (sulfide) groups is 1. The van der Waals surface area contributed by atoms with E-state index in [1.165, 1.54) is 18.4 Å². The Kier molecular flexibility index (Phi) is 8.45. The summed E-state index contributed by atoms with van der Waals surface area (Å²) in [5.41, 5.74) is 1.22. The molecule has 2 N–H and O–H groups in total. The molecule has 1 aliphatic carbocycles. The van der Waals surface area contributed by atoms with Crippen molar-refractivity contribution in [3.05, 3.63) is 52.4 Å². The first-order valence-corrected chi connectivity index (χ1v) is 11.8. The predicted molar refractivity (Wildman–Crippen MR) is 131 cm³/mol. The van der Waals surface area contributed by atoms with Gasteiger partial charge in [-0.3, -0.25) is 9.98 Å². The Hall–Kier alpha value is -2.19. The van der Waals surface area contributed by atoms with Gasteiger partial charge in [-0.1, -0.05) is 60.0 Å². The van der Waals surface area contributed by atoms with Gasteiger partial charge in [0.05, 0.1) is 0 Å². The molecule has 0 spiro atoms. The fourth-order valence-corrected chi connectivity index (χ4v) is 5.27. The summed E-state index contributed by atoms with van der Waals surface area (Å²) in [4.78, 5) is 9.94. The number of aromatic nitrogens is 2. The average molecular weight is 443 g/mol. The molecule has 1 aromatic carbocycles. The van der Waals surface area contributed by atoms with E-state index < -0.39 is 0 Å². The lowest BCUT2D eigenvalue weighted by molar-refractivity contribution is 0.193. The second-order valence-corrected chi connectivity index (χ2v) is 9.72. The fraction of sp³-hybridized carbons (Fsp3) is 0.455. The monoisotopic (exact) mass is 442 g/mol. The molecule has 2 aromatic rings. The van der Waals surface area contributed by atoms with Crippen LogP contribution in [0, 0.1) is 11.8 Å². The van der Waals surface area contributed by atoms with Crippen LogP contribution in [0.5, 0.6) is 0 Å². The number of hydrogen-bond acceptors (Lipinski definition) is 7. The van der Waals surface area contributed by atoms with Gasteiger partial charge in [-0.05, 0) is 41.6 Å². The highest BCUT2D eigenvalue weighted by molar-refractivity contribution is 8.17. The summed E-state index contributed by atoms with van der Waals surface area (Å²) in [6.45, 7) is 4.28. The van der Waals surface area contributed by atoms with Gasteiger partial charge in [0, 0.05) is 34.0 Å². The zero-order valence-electron chi connectivity index (χ0n) is 17.9. The van der Waals surface area contributed by atoms with Crippen molar-refractivity contribution in [2.75, 3.05) is 26.5 Å². The molecule has 8 heteroatoms. The van der Waals surface area contributed by atoms with E-state index in [0.717, 1.165) is 45.3 Å². The topological polar surface area (TPSA) is 74.6 Å². The largest absolute Gasteiger partial charge is 0.363 e. The Labute approximate surface area is 187 Å². The van der Waals surface area contributed by atoms with Gasteiger partial charge in [0.2, 0.25) is 5.13 Å². The van der Waals surface area contributed by atoms with E-state index in [2.05, 4.69) is 49.5 Å². The normalized spacial score (nSPS) is 19.3. The van der Waals surface area contributed by atoms with E-state index in [4.69, 9.17) is 0 Å². The number of amidine groups is 2. The van der Waals surface area contributed by atoms with Crippen molar-refractivity contribution < 1.29 is 0 Å². The molecule has 6 nitrogen and oxygen atoms in total. The highest BCUT2D eigenvalue weighted by Gasteiger charge is 2.30. The van der Waals surface area contributed by atoms with Gasteiger partial charge in [0.1, 0.15) is 10.8 Å². The van der Waals surface area contributed by atoms with Crippen LogP contribution in [0.25, 0.3) is 0 Å². The van der Waals surface area contributed by atoms with Crippen LogP contribution >= 0.6 is 23.1 Å². The molecule has 0 unspecified atom stereocenters. The third-order valence-electron chi connectivity index (χ3n) is 5.17. The van der Waals surface area contributed by atoms with Crippen molar-refractivity contribution in [1.82, 2.24) is 15.5 Å². The van der Waals surface area contributed by atoms with E-state index in [-0.39, 0.29) is 0 Å². The van der Waals surface area contributed by atoms with E-state index in [9.17, 15) is 0 Å². The summed E-state index contributed by atoms with van der Waals surface area (Å²) in [6, 6.07) is 10.3. The molecule has 1 aromatic heterocycles. The van der Waals surface area contributed by atoms with Crippen LogP contribution in [0.2, 0.25) is 0 Å². The predicted octanol–water partition coefficient (Wildman–Crippen LogP) is 4.63. The first kappa shape index (κ1) is 22.5. The molecule has 0 aliphatic heterocycles. The quantitative estimate of drug-likeness (QED) is 0.460. The summed E-state index contributed by atoms with van der Waals surface area (Å²) in [7, 11) is 5.50. The number of aliphatic imine (C=N–C) groups is 2. The maximum absolute atomic E-state index is 4.40. The van der Waals surface area contributed by atoms with Gasteiger partial charge in [-0.25, -0.2) is 0 Å². The van der Waals surface area contributed by atoms with Crippen molar-refractivity contribution in [2.24, 2.45) is 21.8 Å². The molecule has 0 bridgehead atoms. The highest BCUT2D eigenvalue weighted by atomic mass is 32.2. The zero-order chi connectivity index (χ0) is 21.3. The molecule has 0 atom stereocenters. The summed E-state index contributed by atoms with van der Waals surface area (Å²) in [5, 5.41) is 17.7.